The Morgan fingerprint density at radius 3 is 2.44 bits per heavy atom. The molecule has 0 spiro atoms. The molecule has 0 fully saturated rings. The fourth-order valence-electron chi connectivity index (χ4n) is 3.01. The van der Waals surface area contributed by atoms with Gasteiger partial charge in [0.2, 0.25) is 6.79 Å². The van der Waals surface area contributed by atoms with Gasteiger partial charge in [0.25, 0.3) is 0 Å². The molecule has 172 valence electrons. The molecule has 0 atom stereocenters. The summed E-state index contributed by atoms with van der Waals surface area (Å²) in [5.74, 6) is 0.981. The first-order chi connectivity index (χ1) is 15.2. The van der Waals surface area contributed by atoms with E-state index in [0.29, 0.717) is 34.9 Å². The molecule has 0 aliphatic rings. The van der Waals surface area contributed by atoms with Gasteiger partial charge in [-0.2, -0.15) is 22.1 Å². The van der Waals surface area contributed by atoms with E-state index in [1.807, 2.05) is 50.4 Å². The Morgan fingerprint density at radius 1 is 1.19 bits per heavy atom. The van der Waals surface area contributed by atoms with Crippen LogP contribution in [0, 0.1) is 18.3 Å². The van der Waals surface area contributed by atoms with E-state index in [-0.39, 0.29) is 18.8 Å². The number of nitriles is 1. The third kappa shape index (κ3) is 6.79. The van der Waals surface area contributed by atoms with Gasteiger partial charge in [0.15, 0.2) is 5.76 Å². The van der Waals surface area contributed by atoms with Crippen LogP contribution in [-0.2, 0) is 26.2 Å². The fraction of sp³-hybridized carbons (Fsp3) is 0.458. The molecular formula is C24H31N3O4S. The predicted molar refractivity (Wildman–Crippen MR) is 127 cm³/mol. The zero-order chi connectivity index (χ0) is 23.7. The van der Waals surface area contributed by atoms with E-state index in [0.717, 1.165) is 11.3 Å². The topological polar surface area (TPSA) is 86.4 Å². The molecule has 1 aromatic carbocycles. The average Bonchev–Trinajstić information content (AvgIpc) is 3.13. The standard InChI is InChI=1S/C24H31N3O4S/c1-7-27-21(14-17(2)26-27)22(30-16-31-23(28)29-12-13-32-6)20(15-25)18-8-10-19(11-9-18)24(3,4)5/h8-11,14H,7,12-13,16H2,1-6H3/b22-20-. The van der Waals surface area contributed by atoms with Crippen LogP contribution < -0.4 is 0 Å². The van der Waals surface area contributed by atoms with Gasteiger partial charge in [0.05, 0.1) is 5.69 Å². The molecule has 0 bridgehead atoms. The Labute approximate surface area is 194 Å². The van der Waals surface area contributed by atoms with Gasteiger partial charge in [0, 0.05) is 12.3 Å². The highest BCUT2D eigenvalue weighted by atomic mass is 32.2. The third-order valence-electron chi connectivity index (χ3n) is 4.70. The van der Waals surface area contributed by atoms with Crippen molar-refractivity contribution < 1.29 is 19.0 Å². The summed E-state index contributed by atoms with van der Waals surface area (Å²) in [7, 11) is 0. The maximum absolute atomic E-state index is 11.8. The van der Waals surface area contributed by atoms with Gasteiger partial charge in [-0.15, -0.1) is 0 Å². The van der Waals surface area contributed by atoms with Crippen LogP contribution in [-0.4, -0.2) is 41.3 Å². The molecule has 8 heteroatoms. The second-order valence-electron chi connectivity index (χ2n) is 8.13. The van der Waals surface area contributed by atoms with Crippen molar-refractivity contribution in [2.24, 2.45) is 0 Å². The molecule has 0 saturated heterocycles. The van der Waals surface area contributed by atoms with Crippen molar-refractivity contribution in [1.29, 1.82) is 5.26 Å². The van der Waals surface area contributed by atoms with Gasteiger partial charge in [-0.1, -0.05) is 45.0 Å². The number of aryl methyl sites for hydroxylation is 2. The van der Waals surface area contributed by atoms with Crippen molar-refractivity contribution in [1.82, 2.24) is 9.78 Å². The van der Waals surface area contributed by atoms with E-state index < -0.39 is 6.16 Å². The summed E-state index contributed by atoms with van der Waals surface area (Å²) in [5, 5.41) is 14.5. The molecule has 0 radical (unpaired) electrons. The lowest BCUT2D eigenvalue weighted by Crippen LogP contribution is -2.13. The summed E-state index contributed by atoms with van der Waals surface area (Å²) >= 11 is 1.57. The normalized spacial score (nSPS) is 12.0. The number of benzene rings is 1. The van der Waals surface area contributed by atoms with Crippen molar-refractivity contribution in [3.8, 4) is 6.07 Å². The SMILES string of the molecule is CCn1nc(C)cc1/C(OCOC(=O)OCCSC)=C(\C#N)c1ccc(C(C)(C)C)cc1. The number of hydrogen-bond donors (Lipinski definition) is 0. The summed E-state index contributed by atoms with van der Waals surface area (Å²) in [4.78, 5) is 11.8. The van der Waals surface area contributed by atoms with E-state index in [9.17, 15) is 10.1 Å². The molecule has 0 unspecified atom stereocenters. The molecule has 0 aliphatic carbocycles. The van der Waals surface area contributed by atoms with Crippen LogP contribution in [0.5, 0.6) is 0 Å². The van der Waals surface area contributed by atoms with Crippen molar-refractivity contribution in [2.45, 2.75) is 46.6 Å². The van der Waals surface area contributed by atoms with Gasteiger partial charge in [-0.3, -0.25) is 4.68 Å². The highest BCUT2D eigenvalue weighted by Gasteiger charge is 2.20. The second kappa shape index (κ2) is 11.6. The Morgan fingerprint density at radius 2 is 1.88 bits per heavy atom. The minimum Gasteiger partial charge on any atom is -0.454 e. The number of carbonyl (C=O) groups is 1. The summed E-state index contributed by atoms with van der Waals surface area (Å²) in [6.45, 7) is 10.7. The molecule has 7 nitrogen and oxygen atoms in total. The molecular weight excluding hydrogens is 426 g/mol. The number of aromatic nitrogens is 2. The van der Waals surface area contributed by atoms with E-state index >= 15 is 0 Å². The summed E-state index contributed by atoms with van der Waals surface area (Å²) in [6.07, 6.45) is 1.11. The van der Waals surface area contributed by atoms with E-state index in [1.54, 1.807) is 16.4 Å². The van der Waals surface area contributed by atoms with Crippen molar-refractivity contribution in [3.63, 3.8) is 0 Å². The zero-order valence-electron chi connectivity index (χ0n) is 19.6. The summed E-state index contributed by atoms with van der Waals surface area (Å²) in [5.41, 5.74) is 3.63. The Kier molecular flexibility index (Phi) is 9.21. The maximum Gasteiger partial charge on any atom is 0.511 e. The van der Waals surface area contributed by atoms with Gasteiger partial charge in [-0.05, 0) is 42.7 Å². The predicted octanol–water partition coefficient (Wildman–Crippen LogP) is 5.39. The van der Waals surface area contributed by atoms with E-state index in [1.165, 1.54) is 0 Å². The number of hydrogen-bond acceptors (Lipinski definition) is 7. The summed E-state index contributed by atoms with van der Waals surface area (Å²) in [6, 6.07) is 11.9. The molecule has 1 aromatic heterocycles. The first-order valence-electron chi connectivity index (χ1n) is 10.4. The van der Waals surface area contributed by atoms with Crippen molar-refractivity contribution in [3.05, 3.63) is 52.8 Å². The lowest BCUT2D eigenvalue weighted by molar-refractivity contribution is -0.00334. The molecule has 1 heterocycles. The monoisotopic (exact) mass is 457 g/mol. The lowest BCUT2D eigenvalue weighted by atomic mass is 9.86. The Bertz CT molecular complexity index is 982. The molecule has 2 aromatic rings. The van der Waals surface area contributed by atoms with Crippen LogP contribution in [0.2, 0.25) is 0 Å². The first kappa shape index (κ1) is 25.3. The van der Waals surface area contributed by atoms with Crippen molar-refractivity contribution >= 4 is 29.2 Å². The quantitative estimate of drug-likeness (QED) is 0.164. The minimum absolute atomic E-state index is 0.00317. The first-order valence-corrected chi connectivity index (χ1v) is 11.8. The number of rotatable bonds is 9. The van der Waals surface area contributed by atoms with Crippen molar-refractivity contribution in [2.75, 3.05) is 25.4 Å². The smallest absolute Gasteiger partial charge is 0.454 e. The number of nitrogens with zero attached hydrogens (tertiary/aromatic N) is 3. The molecule has 0 aliphatic heterocycles. The van der Waals surface area contributed by atoms with Crippen LogP contribution in [0.3, 0.4) is 0 Å². The highest BCUT2D eigenvalue weighted by Crippen LogP contribution is 2.30. The molecule has 2 rings (SSSR count). The molecule has 32 heavy (non-hydrogen) atoms. The zero-order valence-corrected chi connectivity index (χ0v) is 20.4. The Hall–Kier alpha value is -2.92. The molecule has 0 N–H and O–H groups in total. The largest absolute Gasteiger partial charge is 0.511 e. The average molecular weight is 458 g/mol. The van der Waals surface area contributed by atoms with Gasteiger partial charge in [-0.25, -0.2) is 4.79 Å². The number of carbonyl (C=O) groups excluding carboxylic acids is 1. The minimum atomic E-state index is -0.813. The van der Waals surface area contributed by atoms with Crippen LogP contribution in [0.25, 0.3) is 11.3 Å². The van der Waals surface area contributed by atoms with E-state index in [2.05, 4.69) is 31.9 Å². The van der Waals surface area contributed by atoms with Gasteiger partial charge in [0.1, 0.15) is 23.9 Å². The Balaban J connectivity index is 2.38. The summed E-state index contributed by atoms with van der Waals surface area (Å²) < 4.78 is 17.6. The van der Waals surface area contributed by atoms with Gasteiger partial charge >= 0.3 is 6.16 Å². The second-order valence-corrected chi connectivity index (χ2v) is 9.11. The number of ether oxygens (including phenoxy) is 3. The maximum atomic E-state index is 11.8. The van der Waals surface area contributed by atoms with Crippen LogP contribution in [0.1, 0.15) is 50.2 Å². The van der Waals surface area contributed by atoms with E-state index in [4.69, 9.17) is 14.2 Å². The van der Waals surface area contributed by atoms with Crippen LogP contribution in [0.15, 0.2) is 30.3 Å². The number of allylic oxidation sites excluding steroid dienone is 1. The van der Waals surface area contributed by atoms with Crippen LogP contribution in [0.4, 0.5) is 4.79 Å². The van der Waals surface area contributed by atoms with Crippen LogP contribution >= 0.6 is 11.8 Å². The highest BCUT2D eigenvalue weighted by molar-refractivity contribution is 7.98. The fourth-order valence-corrected chi connectivity index (χ4v) is 3.26. The third-order valence-corrected chi connectivity index (χ3v) is 5.28. The molecule has 0 amide bonds. The lowest BCUT2D eigenvalue weighted by Gasteiger charge is -2.19. The molecule has 0 saturated carbocycles. The van der Waals surface area contributed by atoms with Gasteiger partial charge < -0.3 is 14.2 Å². The number of thioether (sulfide) groups is 1.